The second kappa shape index (κ2) is 12.2. The molecule has 0 atom stereocenters. The predicted octanol–water partition coefficient (Wildman–Crippen LogP) is 9.01. The van der Waals surface area contributed by atoms with Gasteiger partial charge in [-0.3, -0.25) is 9.36 Å². The average Bonchev–Trinajstić information content (AvgIpc) is 3.78. The van der Waals surface area contributed by atoms with Crippen LogP contribution in [0.4, 0.5) is 9.39 Å². The van der Waals surface area contributed by atoms with E-state index in [0.717, 1.165) is 48.1 Å². The van der Waals surface area contributed by atoms with Gasteiger partial charge in [-0.25, -0.2) is 4.39 Å². The van der Waals surface area contributed by atoms with Gasteiger partial charge in [-0.1, -0.05) is 56.7 Å². The minimum atomic E-state index is -0.341. The Labute approximate surface area is 263 Å². The molecule has 0 bridgehead atoms. The molecule has 220 valence electrons. The maximum absolute atomic E-state index is 14.7. The molecule has 43 heavy (non-hydrogen) atoms. The standard InChI is InChI=1S/C33H32FN5OS3/c1-20-14-15-41-27(20)13-12-21-16-24-25(18-35)31(43-29(24)33(2,3)17-21)36-28(40)19-42-32-38-37-30(23-10-6-7-11-26(23)34)39(32)22-8-4-5-9-22/h6-7,10-16,22H,4-5,8-9,17,19H2,1-3H3,(H,36,40)/b13-12+. The van der Waals surface area contributed by atoms with Crippen molar-refractivity contribution in [1.82, 2.24) is 14.8 Å². The van der Waals surface area contributed by atoms with Crippen LogP contribution in [-0.4, -0.2) is 26.4 Å². The van der Waals surface area contributed by atoms with Gasteiger partial charge in [-0.05, 0) is 73.1 Å². The number of anilines is 1. The van der Waals surface area contributed by atoms with Crippen LogP contribution < -0.4 is 5.32 Å². The molecule has 2 aliphatic carbocycles. The minimum absolute atomic E-state index is 0.100. The normalized spacial score (nSPS) is 16.3. The van der Waals surface area contributed by atoms with Crippen molar-refractivity contribution in [3.8, 4) is 17.5 Å². The molecule has 0 spiro atoms. The van der Waals surface area contributed by atoms with Gasteiger partial charge in [-0.2, -0.15) is 5.26 Å². The number of benzene rings is 1. The molecule has 0 saturated heterocycles. The van der Waals surface area contributed by atoms with E-state index in [1.807, 2.05) is 4.57 Å². The number of thioether (sulfide) groups is 1. The molecule has 1 saturated carbocycles. The summed E-state index contributed by atoms with van der Waals surface area (Å²) in [6.07, 6.45) is 11.4. The summed E-state index contributed by atoms with van der Waals surface area (Å²) in [5, 5.41) is 25.2. The number of nitriles is 1. The van der Waals surface area contributed by atoms with Crippen LogP contribution in [0.25, 0.3) is 23.5 Å². The second-order valence-electron chi connectivity index (χ2n) is 11.7. The minimum Gasteiger partial charge on any atom is -0.316 e. The molecule has 6 rings (SSSR count). The maximum Gasteiger partial charge on any atom is 0.235 e. The summed E-state index contributed by atoms with van der Waals surface area (Å²) in [5.74, 6) is 0.0388. The molecule has 1 amide bonds. The first-order chi connectivity index (χ1) is 20.7. The van der Waals surface area contributed by atoms with Crippen molar-refractivity contribution in [2.24, 2.45) is 0 Å². The van der Waals surface area contributed by atoms with E-state index in [4.69, 9.17) is 0 Å². The molecule has 1 fully saturated rings. The number of nitrogens with one attached hydrogen (secondary N) is 1. The van der Waals surface area contributed by atoms with Gasteiger partial charge in [0.2, 0.25) is 5.91 Å². The zero-order chi connectivity index (χ0) is 30.1. The first-order valence-electron chi connectivity index (χ1n) is 14.4. The lowest BCUT2D eigenvalue weighted by Gasteiger charge is -2.29. The molecule has 3 heterocycles. The molecular formula is C33H32FN5OS3. The van der Waals surface area contributed by atoms with E-state index < -0.39 is 0 Å². The Hall–Kier alpha value is -3.52. The smallest absolute Gasteiger partial charge is 0.235 e. The average molecular weight is 630 g/mol. The van der Waals surface area contributed by atoms with E-state index in [1.165, 1.54) is 39.6 Å². The lowest BCUT2D eigenvalue weighted by atomic mass is 9.77. The summed E-state index contributed by atoms with van der Waals surface area (Å²) >= 11 is 4.49. The van der Waals surface area contributed by atoms with Crippen LogP contribution in [0.2, 0.25) is 0 Å². The number of thiophene rings is 2. The summed E-state index contributed by atoms with van der Waals surface area (Å²) in [7, 11) is 0. The number of aryl methyl sites for hydroxylation is 1. The quantitative estimate of drug-likeness (QED) is 0.197. The third-order valence-electron chi connectivity index (χ3n) is 8.05. The van der Waals surface area contributed by atoms with E-state index >= 15 is 0 Å². The van der Waals surface area contributed by atoms with E-state index in [9.17, 15) is 14.4 Å². The summed E-state index contributed by atoms with van der Waals surface area (Å²) < 4.78 is 16.7. The number of hydrogen-bond donors (Lipinski definition) is 1. The fraction of sp³-hybridized carbons (Fsp3) is 0.333. The number of hydrogen-bond acceptors (Lipinski definition) is 7. The van der Waals surface area contributed by atoms with E-state index in [0.29, 0.717) is 27.1 Å². The van der Waals surface area contributed by atoms with Crippen LogP contribution >= 0.6 is 34.4 Å². The molecule has 0 radical (unpaired) electrons. The lowest BCUT2D eigenvalue weighted by Crippen LogP contribution is -2.20. The molecule has 0 unspecified atom stereocenters. The number of carbonyl (C=O) groups excluding carboxylic acids is 1. The van der Waals surface area contributed by atoms with Crippen molar-refractivity contribution in [3.63, 3.8) is 0 Å². The van der Waals surface area contributed by atoms with Gasteiger partial charge in [-0.15, -0.1) is 32.9 Å². The molecular weight excluding hydrogens is 598 g/mol. The number of amides is 1. The summed E-state index contributed by atoms with van der Waals surface area (Å²) in [4.78, 5) is 15.6. The van der Waals surface area contributed by atoms with Gasteiger partial charge in [0.25, 0.3) is 0 Å². The molecule has 1 aromatic carbocycles. The Kier molecular flexibility index (Phi) is 8.40. The monoisotopic (exact) mass is 629 g/mol. The molecule has 2 aliphatic rings. The van der Waals surface area contributed by atoms with Crippen molar-refractivity contribution < 1.29 is 9.18 Å². The zero-order valence-electron chi connectivity index (χ0n) is 24.3. The van der Waals surface area contributed by atoms with Crippen molar-refractivity contribution in [2.75, 3.05) is 11.1 Å². The van der Waals surface area contributed by atoms with Crippen LogP contribution in [0.15, 0.2) is 52.5 Å². The van der Waals surface area contributed by atoms with Gasteiger partial charge >= 0.3 is 0 Å². The summed E-state index contributed by atoms with van der Waals surface area (Å²) in [6, 6.07) is 11.2. The third-order valence-corrected chi connectivity index (χ3v) is 11.5. The predicted molar refractivity (Wildman–Crippen MR) is 175 cm³/mol. The first kappa shape index (κ1) is 29.5. The Morgan fingerprint density at radius 3 is 2.74 bits per heavy atom. The number of aromatic nitrogens is 3. The van der Waals surface area contributed by atoms with Gasteiger partial charge < -0.3 is 5.32 Å². The van der Waals surface area contributed by atoms with Crippen LogP contribution in [-0.2, 0) is 10.2 Å². The molecule has 10 heteroatoms. The van der Waals surface area contributed by atoms with Crippen LogP contribution in [0, 0.1) is 24.1 Å². The van der Waals surface area contributed by atoms with Gasteiger partial charge in [0, 0.05) is 26.8 Å². The van der Waals surface area contributed by atoms with Crippen LogP contribution in [0.1, 0.15) is 78.4 Å². The van der Waals surface area contributed by atoms with Crippen molar-refractivity contribution in [1.29, 1.82) is 5.26 Å². The Bertz CT molecular complexity index is 1780. The highest BCUT2D eigenvalue weighted by molar-refractivity contribution is 7.99. The number of nitrogens with zero attached hydrogens (tertiary/aromatic N) is 4. The molecule has 4 aromatic rings. The SMILES string of the molecule is Cc1ccsc1/C=C/C1=Cc2c(sc(NC(=O)CSc3nnc(-c4ccccc4F)n3C3CCCC3)c2C#N)C(C)(C)C1. The molecule has 3 aromatic heterocycles. The van der Waals surface area contributed by atoms with E-state index in [2.05, 4.69) is 72.0 Å². The van der Waals surface area contributed by atoms with Crippen LogP contribution in [0.5, 0.6) is 0 Å². The van der Waals surface area contributed by atoms with Crippen molar-refractivity contribution in [2.45, 2.75) is 69.5 Å². The Morgan fingerprint density at radius 2 is 2.02 bits per heavy atom. The highest BCUT2D eigenvalue weighted by Gasteiger charge is 2.34. The third kappa shape index (κ3) is 5.99. The number of rotatable bonds is 8. The van der Waals surface area contributed by atoms with Gasteiger partial charge in [0.1, 0.15) is 16.9 Å². The first-order valence-corrected chi connectivity index (χ1v) is 17.1. The van der Waals surface area contributed by atoms with Crippen LogP contribution in [0.3, 0.4) is 0 Å². The number of allylic oxidation sites excluding steroid dienone is 2. The van der Waals surface area contributed by atoms with E-state index in [-0.39, 0.29) is 28.9 Å². The topological polar surface area (TPSA) is 83.6 Å². The Balaban J connectivity index is 1.22. The second-order valence-corrected chi connectivity index (χ2v) is 14.6. The summed E-state index contributed by atoms with van der Waals surface area (Å²) in [5.41, 5.74) is 4.04. The van der Waals surface area contributed by atoms with Crippen molar-refractivity contribution in [3.05, 3.63) is 79.6 Å². The fourth-order valence-electron chi connectivity index (χ4n) is 5.94. The molecule has 6 nitrogen and oxygen atoms in total. The zero-order valence-corrected chi connectivity index (χ0v) is 26.8. The van der Waals surface area contributed by atoms with Gasteiger partial charge in [0.15, 0.2) is 11.0 Å². The van der Waals surface area contributed by atoms with Crippen molar-refractivity contribution >= 4 is 57.5 Å². The maximum atomic E-state index is 14.7. The van der Waals surface area contributed by atoms with E-state index in [1.54, 1.807) is 29.5 Å². The lowest BCUT2D eigenvalue weighted by molar-refractivity contribution is -0.113. The molecule has 0 aliphatic heterocycles. The number of halogens is 1. The molecule has 1 N–H and O–H groups in total. The fourth-order valence-corrected chi connectivity index (χ4v) is 8.81. The highest BCUT2D eigenvalue weighted by Crippen LogP contribution is 2.48. The Morgan fingerprint density at radius 1 is 1.23 bits per heavy atom. The largest absolute Gasteiger partial charge is 0.316 e. The number of fused-ring (bicyclic) bond motifs is 1. The number of carbonyl (C=O) groups is 1. The summed E-state index contributed by atoms with van der Waals surface area (Å²) in [6.45, 7) is 6.48. The van der Waals surface area contributed by atoms with Gasteiger partial charge in [0.05, 0.1) is 16.9 Å². The highest BCUT2D eigenvalue weighted by atomic mass is 32.2.